The van der Waals surface area contributed by atoms with Gasteiger partial charge in [-0.05, 0) is 49.0 Å². The van der Waals surface area contributed by atoms with Crippen LogP contribution in [-0.2, 0) is 24.0 Å². The average Bonchev–Trinajstić information content (AvgIpc) is 2.74. The minimum atomic E-state index is -1.30. The SMILES string of the molecule is CCNC(=O)CCC(NC(=O)C(CC(C)(C)C)NC(=O)/C=C/c1ccc(Cl)cc1Cl)C(=O)C(N)=O. The van der Waals surface area contributed by atoms with E-state index in [1.54, 1.807) is 19.1 Å². The van der Waals surface area contributed by atoms with Gasteiger partial charge in [0.25, 0.3) is 5.91 Å². The number of carbonyl (C=O) groups is 5. The topological polar surface area (TPSA) is 147 Å². The molecule has 0 aliphatic rings. The first kappa shape index (κ1) is 30.1. The Bertz CT molecular complexity index is 989. The van der Waals surface area contributed by atoms with Gasteiger partial charge in [-0.3, -0.25) is 24.0 Å². The number of halogens is 2. The van der Waals surface area contributed by atoms with Gasteiger partial charge < -0.3 is 21.7 Å². The van der Waals surface area contributed by atoms with Crippen molar-refractivity contribution in [2.75, 3.05) is 6.54 Å². The Morgan fingerprint density at radius 2 is 1.71 bits per heavy atom. The van der Waals surface area contributed by atoms with Crippen molar-refractivity contribution in [2.24, 2.45) is 11.1 Å². The van der Waals surface area contributed by atoms with Crippen LogP contribution in [0.4, 0.5) is 0 Å². The number of hydrogen-bond donors (Lipinski definition) is 4. The summed E-state index contributed by atoms with van der Waals surface area (Å²) in [5, 5.41) is 8.47. The van der Waals surface area contributed by atoms with Gasteiger partial charge in [-0.2, -0.15) is 0 Å². The molecule has 11 heteroatoms. The van der Waals surface area contributed by atoms with Crippen LogP contribution in [0.3, 0.4) is 0 Å². The Morgan fingerprint density at radius 3 is 2.26 bits per heavy atom. The summed E-state index contributed by atoms with van der Waals surface area (Å²) in [6.07, 6.45) is 2.71. The maximum absolute atomic E-state index is 13.0. The van der Waals surface area contributed by atoms with Crippen molar-refractivity contribution in [2.45, 2.75) is 59.0 Å². The molecule has 0 aromatic heterocycles. The molecule has 4 amide bonds. The number of nitrogens with two attached hydrogens (primary N) is 1. The lowest BCUT2D eigenvalue weighted by Gasteiger charge is -2.27. The maximum Gasteiger partial charge on any atom is 0.287 e. The van der Waals surface area contributed by atoms with Gasteiger partial charge in [-0.25, -0.2) is 0 Å². The third-order valence-electron chi connectivity index (χ3n) is 4.74. The molecule has 0 saturated heterocycles. The lowest BCUT2D eigenvalue weighted by Crippen LogP contribution is -2.54. The van der Waals surface area contributed by atoms with Crippen molar-refractivity contribution in [3.8, 4) is 0 Å². The number of rotatable bonds is 12. The molecule has 0 saturated carbocycles. The van der Waals surface area contributed by atoms with Crippen molar-refractivity contribution in [1.82, 2.24) is 16.0 Å². The highest BCUT2D eigenvalue weighted by molar-refractivity contribution is 6.38. The van der Waals surface area contributed by atoms with E-state index >= 15 is 0 Å². The Balaban J connectivity index is 3.01. The molecule has 192 valence electrons. The number of Topliss-reactive ketones (excluding diaryl/α,β-unsaturated/α-hetero) is 1. The zero-order valence-corrected chi connectivity index (χ0v) is 21.8. The number of carbonyl (C=O) groups excluding carboxylic acids is 5. The normalized spacial score (nSPS) is 13.1. The molecule has 0 heterocycles. The minimum absolute atomic E-state index is 0.0985. The van der Waals surface area contributed by atoms with Crippen LogP contribution in [0.15, 0.2) is 24.3 Å². The zero-order chi connectivity index (χ0) is 26.8. The first-order valence-electron chi connectivity index (χ1n) is 11.1. The molecule has 35 heavy (non-hydrogen) atoms. The highest BCUT2D eigenvalue weighted by Crippen LogP contribution is 2.23. The second-order valence-corrected chi connectivity index (χ2v) is 9.95. The van der Waals surface area contributed by atoms with Gasteiger partial charge in [0.1, 0.15) is 6.04 Å². The molecule has 0 fully saturated rings. The third kappa shape index (κ3) is 11.4. The van der Waals surface area contributed by atoms with E-state index in [1.165, 1.54) is 18.2 Å². The predicted molar refractivity (Wildman–Crippen MR) is 136 cm³/mol. The minimum Gasteiger partial charge on any atom is -0.363 e. The standard InChI is InChI=1S/C24H32Cl2N4O5/c1-5-28-19(31)11-9-17(21(33)22(27)34)30-23(35)18(13-24(2,3)4)29-20(32)10-7-14-6-8-15(25)12-16(14)26/h6-8,10,12,17-18H,5,9,11,13H2,1-4H3,(H2,27,34)(H,28,31)(H,29,32)(H,30,35)/b10-7+. The van der Waals surface area contributed by atoms with Gasteiger partial charge in [0, 0.05) is 29.1 Å². The lowest BCUT2D eigenvalue weighted by atomic mass is 9.87. The first-order valence-corrected chi connectivity index (χ1v) is 11.8. The Labute approximate surface area is 215 Å². The molecule has 0 aliphatic carbocycles. The summed E-state index contributed by atoms with van der Waals surface area (Å²) in [5.74, 6) is -3.84. The number of ketones is 1. The van der Waals surface area contributed by atoms with Crippen molar-refractivity contribution in [1.29, 1.82) is 0 Å². The molecule has 1 aromatic carbocycles. The third-order valence-corrected chi connectivity index (χ3v) is 5.30. The summed E-state index contributed by atoms with van der Waals surface area (Å²) < 4.78 is 0. The zero-order valence-electron chi connectivity index (χ0n) is 20.2. The molecule has 0 bridgehead atoms. The van der Waals surface area contributed by atoms with Gasteiger partial charge in [0.2, 0.25) is 23.5 Å². The number of hydrogen-bond acceptors (Lipinski definition) is 5. The fraction of sp³-hybridized carbons (Fsp3) is 0.458. The molecule has 2 atom stereocenters. The molecular formula is C24H32Cl2N4O5. The van der Waals surface area contributed by atoms with Gasteiger partial charge in [0.15, 0.2) is 0 Å². The molecule has 0 aliphatic heterocycles. The van der Waals surface area contributed by atoms with Gasteiger partial charge in [-0.15, -0.1) is 0 Å². The fourth-order valence-corrected chi connectivity index (χ4v) is 3.59. The van der Waals surface area contributed by atoms with Crippen LogP contribution < -0.4 is 21.7 Å². The van der Waals surface area contributed by atoms with Gasteiger partial charge in [0.05, 0.1) is 6.04 Å². The number of amides is 4. The summed E-state index contributed by atoms with van der Waals surface area (Å²) in [5.41, 5.74) is 5.30. The van der Waals surface area contributed by atoms with E-state index in [-0.39, 0.29) is 30.6 Å². The van der Waals surface area contributed by atoms with Crippen molar-refractivity contribution in [3.05, 3.63) is 39.9 Å². The molecule has 1 aromatic rings. The predicted octanol–water partition coefficient (Wildman–Crippen LogP) is 2.38. The van der Waals surface area contributed by atoms with Crippen LogP contribution in [0.2, 0.25) is 10.0 Å². The monoisotopic (exact) mass is 526 g/mol. The summed E-state index contributed by atoms with van der Waals surface area (Å²) in [7, 11) is 0. The second kappa shape index (κ2) is 13.8. The van der Waals surface area contributed by atoms with Crippen LogP contribution in [0.5, 0.6) is 0 Å². The van der Waals surface area contributed by atoms with Crippen molar-refractivity contribution in [3.63, 3.8) is 0 Å². The number of benzene rings is 1. The summed E-state index contributed by atoms with van der Waals surface area (Å²) >= 11 is 12.0. The van der Waals surface area contributed by atoms with E-state index in [1.807, 2.05) is 20.8 Å². The van der Waals surface area contributed by atoms with Crippen LogP contribution in [-0.4, -0.2) is 48.0 Å². The molecule has 1 rings (SSSR count). The largest absolute Gasteiger partial charge is 0.363 e. The first-order chi connectivity index (χ1) is 16.2. The Kier molecular flexibility index (Phi) is 11.9. The smallest absolute Gasteiger partial charge is 0.287 e. The number of primary amides is 1. The summed E-state index contributed by atoms with van der Waals surface area (Å²) in [4.78, 5) is 61.1. The van der Waals surface area contributed by atoms with E-state index in [0.29, 0.717) is 22.2 Å². The van der Waals surface area contributed by atoms with Crippen LogP contribution in [0.25, 0.3) is 6.08 Å². The molecular weight excluding hydrogens is 495 g/mol. The Hall–Kier alpha value is -2.91. The summed E-state index contributed by atoms with van der Waals surface area (Å²) in [6.45, 7) is 7.77. The lowest BCUT2D eigenvalue weighted by molar-refractivity contribution is -0.139. The van der Waals surface area contributed by atoms with E-state index in [0.717, 1.165) is 0 Å². The summed E-state index contributed by atoms with van der Waals surface area (Å²) in [6, 6.07) is 2.47. The average molecular weight is 527 g/mol. The quantitative estimate of drug-likeness (QED) is 0.243. The highest BCUT2D eigenvalue weighted by atomic mass is 35.5. The molecule has 0 radical (unpaired) electrons. The van der Waals surface area contributed by atoms with E-state index in [2.05, 4.69) is 16.0 Å². The van der Waals surface area contributed by atoms with Gasteiger partial charge >= 0.3 is 0 Å². The van der Waals surface area contributed by atoms with Gasteiger partial charge in [-0.1, -0.05) is 50.0 Å². The van der Waals surface area contributed by atoms with E-state index < -0.39 is 35.6 Å². The number of nitrogens with one attached hydrogen (secondary N) is 3. The molecule has 9 nitrogen and oxygen atoms in total. The van der Waals surface area contributed by atoms with Crippen LogP contribution in [0.1, 0.15) is 52.5 Å². The molecule has 2 unspecified atom stereocenters. The van der Waals surface area contributed by atoms with Crippen LogP contribution >= 0.6 is 23.2 Å². The molecule has 0 spiro atoms. The van der Waals surface area contributed by atoms with Crippen molar-refractivity contribution < 1.29 is 24.0 Å². The maximum atomic E-state index is 13.0. The van der Waals surface area contributed by atoms with Crippen LogP contribution in [0, 0.1) is 5.41 Å². The van der Waals surface area contributed by atoms with E-state index in [9.17, 15) is 24.0 Å². The Morgan fingerprint density at radius 1 is 1.06 bits per heavy atom. The van der Waals surface area contributed by atoms with E-state index in [4.69, 9.17) is 28.9 Å². The second-order valence-electron chi connectivity index (χ2n) is 9.11. The fourth-order valence-electron chi connectivity index (χ4n) is 3.12. The van der Waals surface area contributed by atoms with Crippen molar-refractivity contribution >= 4 is 58.7 Å². The highest BCUT2D eigenvalue weighted by Gasteiger charge is 2.31. The molecule has 5 N–H and O–H groups in total.